The van der Waals surface area contributed by atoms with E-state index < -0.39 is 0 Å². The average molecular weight is 384 g/mol. The predicted molar refractivity (Wildman–Crippen MR) is 105 cm³/mol. The molecule has 5 heteroatoms. The van der Waals surface area contributed by atoms with Gasteiger partial charge in [0.15, 0.2) is 0 Å². The number of thiophene rings is 1. The van der Waals surface area contributed by atoms with Crippen molar-refractivity contribution >= 4 is 28.8 Å². The Morgan fingerprint density at radius 3 is 2.65 bits per heavy atom. The van der Waals surface area contributed by atoms with Crippen LogP contribution in [0.2, 0.25) is 5.02 Å². The minimum absolute atomic E-state index is 0.0340. The van der Waals surface area contributed by atoms with E-state index in [2.05, 4.69) is 11.4 Å². The first-order valence-electron chi connectivity index (χ1n) is 8.44. The smallest absolute Gasteiger partial charge is 0.256 e. The molecule has 0 spiro atoms. The van der Waals surface area contributed by atoms with Crippen LogP contribution in [0, 0.1) is 0 Å². The Morgan fingerprint density at radius 1 is 1.15 bits per heavy atom. The Kier molecular flexibility index (Phi) is 4.70. The van der Waals surface area contributed by atoms with Crippen molar-refractivity contribution in [3.8, 4) is 5.75 Å². The van der Waals surface area contributed by atoms with Crippen LogP contribution in [0.25, 0.3) is 0 Å². The van der Waals surface area contributed by atoms with E-state index in [-0.39, 0.29) is 11.9 Å². The number of halogens is 1. The summed E-state index contributed by atoms with van der Waals surface area (Å²) in [6.07, 6.45) is 0.871. The van der Waals surface area contributed by atoms with Gasteiger partial charge in [-0.15, -0.1) is 11.3 Å². The molecule has 0 N–H and O–H groups in total. The lowest BCUT2D eigenvalue weighted by atomic mass is 9.92. The van der Waals surface area contributed by atoms with Crippen LogP contribution in [0.3, 0.4) is 0 Å². The highest BCUT2D eigenvalue weighted by molar-refractivity contribution is 7.10. The molecular formula is C21H18ClNO2S. The second-order valence-electron chi connectivity index (χ2n) is 6.20. The van der Waals surface area contributed by atoms with Gasteiger partial charge in [-0.1, -0.05) is 35.9 Å². The van der Waals surface area contributed by atoms with Crippen molar-refractivity contribution in [3.05, 3.63) is 86.6 Å². The molecule has 0 bridgehead atoms. The highest BCUT2D eigenvalue weighted by atomic mass is 35.5. The lowest BCUT2D eigenvalue weighted by molar-refractivity contribution is 0.0696. The third-order valence-electron chi connectivity index (χ3n) is 4.76. The van der Waals surface area contributed by atoms with Gasteiger partial charge in [0.25, 0.3) is 5.91 Å². The third-order valence-corrected chi connectivity index (χ3v) is 6.09. The molecule has 0 saturated heterocycles. The molecule has 2 aromatic carbocycles. The van der Waals surface area contributed by atoms with E-state index in [9.17, 15) is 4.79 Å². The predicted octanol–water partition coefficient (Wildman–Crippen LogP) is 5.20. The van der Waals surface area contributed by atoms with E-state index in [1.807, 2.05) is 41.3 Å². The minimum Gasteiger partial charge on any atom is -0.497 e. The quantitative estimate of drug-likeness (QED) is 0.622. The number of carbonyl (C=O) groups is 1. The molecule has 1 atom stereocenters. The largest absolute Gasteiger partial charge is 0.497 e. The van der Waals surface area contributed by atoms with E-state index in [4.69, 9.17) is 16.3 Å². The zero-order chi connectivity index (χ0) is 18.1. The molecule has 0 aliphatic carbocycles. The van der Waals surface area contributed by atoms with Crippen molar-refractivity contribution < 1.29 is 9.53 Å². The number of rotatable bonds is 3. The zero-order valence-corrected chi connectivity index (χ0v) is 15.9. The molecule has 1 aromatic heterocycles. The fourth-order valence-electron chi connectivity index (χ4n) is 3.47. The maximum absolute atomic E-state index is 13.3. The number of fused-ring (bicyclic) bond motifs is 1. The molecule has 3 nitrogen and oxygen atoms in total. The standard InChI is InChI=1S/C21H18ClNO2S/c1-25-15-8-6-14(7-9-15)20-17-11-13-26-19(17)10-12-23(20)21(24)16-4-2-3-5-18(16)22/h2-9,11,13,20H,10,12H2,1H3. The third kappa shape index (κ3) is 3.00. The Bertz CT molecular complexity index is 935. The van der Waals surface area contributed by atoms with E-state index in [0.29, 0.717) is 17.1 Å². The number of methoxy groups -OCH3 is 1. The molecule has 3 aromatic rings. The maximum Gasteiger partial charge on any atom is 0.256 e. The molecule has 4 rings (SSSR count). The summed E-state index contributed by atoms with van der Waals surface area (Å²) in [5.41, 5.74) is 2.82. The lowest BCUT2D eigenvalue weighted by Gasteiger charge is -2.36. The SMILES string of the molecule is COc1ccc(C2c3ccsc3CCN2C(=O)c2ccccc2Cl)cc1. The summed E-state index contributed by atoms with van der Waals surface area (Å²) < 4.78 is 5.27. The van der Waals surface area contributed by atoms with Gasteiger partial charge in [-0.2, -0.15) is 0 Å². The maximum atomic E-state index is 13.3. The number of amides is 1. The van der Waals surface area contributed by atoms with E-state index in [0.717, 1.165) is 17.7 Å². The van der Waals surface area contributed by atoms with Crippen molar-refractivity contribution in [2.45, 2.75) is 12.5 Å². The summed E-state index contributed by atoms with van der Waals surface area (Å²) in [6.45, 7) is 0.675. The summed E-state index contributed by atoms with van der Waals surface area (Å²) in [4.78, 5) is 16.5. The van der Waals surface area contributed by atoms with Crippen LogP contribution >= 0.6 is 22.9 Å². The molecule has 132 valence electrons. The van der Waals surface area contributed by atoms with Crippen LogP contribution in [0.15, 0.2) is 60.0 Å². The van der Waals surface area contributed by atoms with Gasteiger partial charge in [0.05, 0.1) is 23.7 Å². The molecule has 0 fully saturated rings. The Morgan fingerprint density at radius 2 is 1.92 bits per heavy atom. The van der Waals surface area contributed by atoms with Gasteiger partial charge in [0.1, 0.15) is 5.75 Å². The number of carbonyl (C=O) groups excluding carboxylic acids is 1. The van der Waals surface area contributed by atoms with Crippen LogP contribution in [-0.2, 0) is 6.42 Å². The van der Waals surface area contributed by atoms with Crippen LogP contribution in [-0.4, -0.2) is 24.5 Å². The van der Waals surface area contributed by atoms with Crippen LogP contribution in [0.4, 0.5) is 0 Å². The van der Waals surface area contributed by atoms with E-state index >= 15 is 0 Å². The Labute approximate surface area is 161 Å². The molecule has 26 heavy (non-hydrogen) atoms. The Balaban J connectivity index is 1.77. The first-order valence-corrected chi connectivity index (χ1v) is 9.70. The molecule has 1 unspecified atom stereocenters. The molecule has 1 aliphatic heterocycles. The minimum atomic E-state index is -0.111. The van der Waals surface area contributed by atoms with Crippen molar-refractivity contribution in [2.75, 3.05) is 13.7 Å². The van der Waals surface area contributed by atoms with Gasteiger partial charge in [-0.3, -0.25) is 4.79 Å². The summed E-state index contributed by atoms with van der Waals surface area (Å²) in [7, 11) is 1.65. The monoisotopic (exact) mass is 383 g/mol. The average Bonchev–Trinajstić information content (AvgIpc) is 3.16. The van der Waals surface area contributed by atoms with Crippen LogP contribution in [0.5, 0.6) is 5.75 Å². The Hall–Kier alpha value is -2.30. The highest BCUT2D eigenvalue weighted by Gasteiger charge is 2.33. The molecule has 2 heterocycles. The molecule has 0 saturated carbocycles. The summed E-state index contributed by atoms with van der Waals surface area (Å²) in [5.74, 6) is 0.771. The van der Waals surface area contributed by atoms with Gasteiger partial charge < -0.3 is 9.64 Å². The molecular weight excluding hydrogens is 366 g/mol. The van der Waals surface area contributed by atoms with Crippen molar-refractivity contribution in [1.82, 2.24) is 4.90 Å². The van der Waals surface area contributed by atoms with Gasteiger partial charge in [0, 0.05) is 11.4 Å². The number of hydrogen-bond acceptors (Lipinski definition) is 3. The van der Waals surface area contributed by atoms with Gasteiger partial charge in [-0.05, 0) is 53.3 Å². The number of benzene rings is 2. The van der Waals surface area contributed by atoms with Crippen molar-refractivity contribution in [3.63, 3.8) is 0 Å². The fourth-order valence-corrected chi connectivity index (χ4v) is 4.59. The molecule has 0 radical (unpaired) electrons. The number of hydrogen-bond donors (Lipinski definition) is 0. The van der Waals surface area contributed by atoms with Crippen LogP contribution < -0.4 is 4.74 Å². The zero-order valence-electron chi connectivity index (χ0n) is 14.3. The molecule has 1 aliphatic rings. The first-order chi connectivity index (χ1) is 12.7. The lowest BCUT2D eigenvalue weighted by Crippen LogP contribution is -2.40. The van der Waals surface area contributed by atoms with Crippen molar-refractivity contribution in [2.24, 2.45) is 0 Å². The van der Waals surface area contributed by atoms with Crippen LogP contribution in [0.1, 0.15) is 32.4 Å². The fraction of sp³-hybridized carbons (Fsp3) is 0.190. The summed E-state index contributed by atoms with van der Waals surface area (Å²) in [5, 5.41) is 2.59. The normalized spacial score (nSPS) is 16.2. The van der Waals surface area contributed by atoms with E-state index in [1.165, 1.54) is 10.4 Å². The van der Waals surface area contributed by atoms with Gasteiger partial charge in [-0.25, -0.2) is 0 Å². The summed E-state index contributed by atoms with van der Waals surface area (Å²) in [6, 6.07) is 17.2. The van der Waals surface area contributed by atoms with Gasteiger partial charge in [0.2, 0.25) is 0 Å². The second-order valence-corrected chi connectivity index (χ2v) is 7.61. The number of ether oxygens (including phenoxy) is 1. The second kappa shape index (κ2) is 7.14. The van der Waals surface area contributed by atoms with E-state index in [1.54, 1.807) is 30.6 Å². The topological polar surface area (TPSA) is 29.5 Å². The van der Waals surface area contributed by atoms with Crippen molar-refractivity contribution in [1.29, 1.82) is 0 Å². The first kappa shape index (κ1) is 17.1. The molecule has 1 amide bonds. The summed E-state index contributed by atoms with van der Waals surface area (Å²) >= 11 is 8.04. The van der Waals surface area contributed by atoms with Gasteiger partial charge >= 0.3 is 0 Å². The number of nitrogens with zero attached hydrogens (tertiary/aromatic N) is 1. The highest BCUT2D eigenvalue weighted by Crippen LogP contribution is 2.39.